The normalized spacial score (nSPS) is 24.2. The number of rotatable bonds is 3. The van der Waals surface area contributed by atoms with Gasteiger partial charge in [0.05, 0.1) is 25.9 Å². The summed E-state index contributed by atoms with van der Waals surface area (Å²) in [4.78, 5) is 2.42. The van der Waals surface area contributed by atoms with Crippen LogP contribution in [-0.2, 0) is 15.9 Å². The third-order valence-electron chi connectivity index (χ3n) is 5.49. The molecule has 2 atom stereocenters. The van der Waals surface area contributed by atoms with Crippen molar-refractivity contribution in [3.8, 4) is 11.5 Å². The van der Waals surface area contributed by atoms with E-state index in [9.17, 15) is 4.39 Å². The number of benzene rings is 1. The average Bonchev–Trinajstić information content (AvgIpc) is 2.58. The SMILES string of the molecule is C1COC1.COc1cc2c(c(F)c1OC)CCN1CC(OC(C)(C)C)CCC21. The predicted octanol–water partition coefficient (Wildman–Crippen LogP) is 4.13. The van der Waals surface area contributed by atoms with E-state index < -0.39 is 0 Å². The van der Waals surface area contributed by atoms with Crippen LogP contribution in [0, 0.1) is 5.82 Å². The van der Waals surface area contributed by atoms with Crippen LogP contribution in [0.4, 0.5) is 4.39 Å². The zero-order chi connectivity index (χ0) is 20.3. The quantitative estimate of drug-likeness (QED) is 0.770. The van der Waals surface area contributed by atoms with Gasteiger partial charge in [-0.25, -0.2) is 4.39 Å². The molecule has 6 heteroatoms. The fourth-order valence-electron chi connectivity index (χ4n) is 4.16. The van der Waals surface area contributed by atoms with Gasteiger partial charge in [0.25, 0.3) is 0 Å². The van der Waals surface area contributed by atoms with Crippen LogP contribution in [0.3, 0.4) is 0 Å². The second-order valence-electron chi connectivity index (χ2n) is 8.65. The number of ether oxygens (including phenoxy) is 4. The molecule has 0 spiro atoms. The molecule has 158 valence electrons. The number of nitrogens with zero attached hydrogens (tertiary/aromatic N) is 1. The Morgan fingerprint density at radius 1 is 1.14 bits per heavy atom. The van der Waals surface area contributed by atoms with E-state index in [0.717, 1.165) is 50.3 Å². The van der Waals surface area contributed by atoms with Crippen LogP contribution < -0.4 is 9.47 Å². The summed E-state index contributed by atoms with van der Waals surface area (Å²) in [7, 11) is 3.04. The molecule has 0 aliphatic carbocycles. The van der Waals surface area contributed by atoms with Crippen LogP contribution in [0.2, 0.25) is 0 Å². The van der Waals surface area contributed by atoms with E-state index in [-0.39, 0.29) is 29.3 Å². The molecule has 0 amide bonds. The molecule has 0 radical (unpaired) electrons. The molecule has 0 saturated carbocycles. The summed E-state index contributed by atoms with van der Waals surface area (Å²) in [6, 6.07) is 2.20. The molecule has 2 saturated heterocycles. The summed E-state index contributed by atoms with van der Waals surface area (Å²) < 4.78 is 36.2. The maximum absolute atomic E-state index is 14.8. The highest BCUT2D eigenvalue weighted by molar-refractivity contribution is 5.51. The lowest BCUT2D eigenvalue weighted by molar-refractivity contribution is -0.0972. The number of hydrogen-bond donors (Lipinski definition) is 0. The Kier molecular flexibility index (Phi) is 6.84. The lowest BCUT2D eigenvalue weighted by Crippen LogP contribution is -2.47. The van der Waals surface area contributed by atoms with Crippen LogP contribution in [0.15, 0.2) is 6.07 Å². The Morgan fingerprint density at radius 2 is 1.82 bits per heavy atom. The van der Waals surface area contributed by atoms with Crippen LogP contribution in [0.1, 0.15) is 57.2 Å². The highest BCUT2D eigenvalue weighted by atomic mass is 19.1. The molecule has 1 aromatic carbocycles. The average molecular weight is 396 g/mol. The van der Waals surface area contributed by atoms with E-state index in [1.807, 2.05) is 6.07 Å². The lowest BCUT2D eigenvalue weighted by atomic mass is 9.85. The summed E-state index contributed by atoms with van der Waals surface area (Å²) in [5, 5.41) is 0. The van der Waals surface area contributed by atoms with E-state index in [0.29, 0.717) is 12.2 Å². The van der Waals surface area contributed by atoms with E-state index in [1.54, 1.807) is 7.11 Å². The van der Waals surface area contributed by atoms with Gasteiger partial charge in [-0.1, -0.05) is 0 Å². The number of hydrogen-bond acceptors (Lipinski definition) is 5. The van der Waals surface area contributed by atoms with Gasteiger partial charge in [-0.3, -0.25) is 4.90 Å². The van der Waals surface area contributed by atoms with Crippen LogP contribution in [0.5, 0.6) is 11.5 Å². The van der Waals surface area contributed by atoms with Gasteiger partial charge in [0, 0.05) is 32.3 Å². The molecule has 3 aliphatic rings. The standard InChI is InChI=1S/C19H28FNO3.C3H6O/c1-19(2,3)24-12-6-7-15-14-10-16(22-4)18(23-5)17(20)13(14)8-9-21(15)11-12;1-2-4-3-1/h10,12,15H,6-9,11H2,1-5H3;1-3H2. The van der Waals surface area contributed by atoms with Crippen molar-refractivity contribution in [2.45, 2.75) is 64.2 Å². The largest absolute Gasteiger partial charge is 0.493 e. The molecule has 5 nitrogen and oxygen atoms in total. The number of piperidine rings is 1. The Hall–Kier alpha value is -1.37. The monoisotopic (exact) mass is 395 g/mol. The summed E-state index contributed by atoms with van der Waals surface area (Å²) in [6.45, 7) is 10.0. The molecule has 2 fully saturated rings. The second kappa shape index (κ2) is 8.97. The van der Waals surface area contributed by atoms with Gasteiger partial charge >= 0.3 is 0 Å². The Balaban J connectivity index is 0.000000500. The first-order valence-corrected chi connectivity index (χ1v) is 10.3. The van der Waals surface area contributed by atoms with Crippen molar-refractivity contribution in [1.82, 2.24) is 4.90 Å². The van der Waals surface area contributed by atoms with Crippen LogP contribution in [0.25, 0.3) is 0 Å². The molecule has 0 N–H and O–H groups in total. The van der Waals surface area contributed by atoms with Crippen LogP contribution >= 0.6 is 0 Å². The Morgan fingerprint density at radius 3 is 2.36 bits per heavy atom. The Bertz CT molecular complexity index is 665. The summed E-state index contributed by atoms with van der Waals surface area (Å²) >= 11 is 0. The first kappa shape index (κ1) is 21.3. The molecule has 4 rings (SSSR count). The number of halogens is 1. The second-order valence-corrected chi connectivity index (χ2v) is 8.65. The number of methoxy groups -OCH3 is 2. The summed E-state index contributed by atoms with van der Waals surface area (Å²) in [5.74, 6) is 0.428. The molecule has 2 unspecified atom stereocenters. The van der Waals surface area contributed by atoms with Crippen molar-refractivity contribution >= 4 is 0 Å². The smallest absolute Gasteiger partial charge is 0.197 e. The van der Waals surface area contributed by atoms with Crippen molar-refractivity contribution < 1.29 is 23.3 Å². The molecule has 3 heterocycles. The molecular formula is C22H34FNO4. The van der Waals surface area contributed by atoms with Crippen molar-refractivity contribution in [3.05, 3.63) is 23.0 Å². The predicted molar refractivity (Wildman–Crippen MR) is 107 cm³/mol. The molecule has 0 aromatic heterocycles. The minimum absolute atomic E-state index is 0.131. The van der Waals surface area contributed by atoms with Gasteiger partial charge < -0.3 is 18.9 Å². The topological polar surface area (TPSA) is 40.2 Å². The van der Waals surface area contributed by atoms with Crippen LogP contribution in [-0.4, -0.2) is 57.1 Å². The molecule has 1 aromatic rings. The highest BCUT2D eigenvalue weighted by Gasteiger charge is 2.37. The fraction of sp³-hybridized carbons (Fsp3) is 0.727. The van der Waals surface area contributed by atoms with Crippen molar-refractivity contribution in [3.63, 3.8) is 0 Å². The first-order valence-electron chi connectivity index (χ1n) is 10.3. The van der Waals surface area contributed by atoms with Gasteiger partial charge in [0.2, 0.25) is 0 Å². The molecule has 0 bridgehead atoms. The first-order chi connectivity index (χ1) is 13.3. The van der Waals surface area contributed by atoms with E-state index in [1.165, 1.54) is 13.5 Å². The zero-order valence-corrected chi connectivity index (χ0v) is 17.8. The van der Waals surface area contributed by atoms with Crippen molar-refractivity contribution in [1.29, 1.82) is 0 Å². The van der Waals surface area contributed by atoms with Gasteiger partial charge in [-0.05, 0) is 63.6 Å². The molecular weight excluding hydrogens is 361 g/mol. The Labute approximate surface area is 168 Å². The zero-order valence-electron chi connectivity index (χ0n) is 17.8. The minimum Gasteiger partial charge on any atom is -0.493 e. The maximum atomic E-state index is 14.8. The highest BCUT2D eigenvalue weighted by Crippen LogP contribution is 2.44. The van der Waals surface area contributed by atoms with E-state index in [2.05, 4.69) is 25.7 Å². The number of fused-ring (bicyclic) bond motifs is 3. The summed E-state index contributed by atoms with van der Waals surface area (Å²) in [6.07, 6.45) is 4.18. The maximum Gasteiger partial charge on any atom is 0.197 e. The summed E-state index contributed by atoms with van der Waals surface area (Å²) in [5.41, 5.74) is 1.70. The van der Waals surface area contributed by atoms with Gasteiger partial charge in [0.1, 0.15) is 0 Å². The molecule has 28 heavy (non-hydrogen) atoms. The molecule has 3 aliphatic heterocycles. The van der Waals surface area contributed by atoms with E-state index >= 15 is 0 Å². The minimum atomic E-state index is -0.264. The van der Waals surface area contributed by atoms with E-state index in [4.69, 9.17) is 18.9 Å². The fourth-order valence-corrected chi connectivity index (χ4v) is 4.16. The van der Waals surface area contributed by atoms with Gasteiger partial charge in [0.15, 0.2) is 17.3 Å². The third kappa shape index (κ3) is 4.78. The van der Waals surface area contributed by atoms with Gasteiger partial charge in [-0.2, -0.15) is 0 Å². The van der Waals surface area contributed by atoms with Crippen molar-refractivity contribution in [2.75, 3.05) is 40.5 Å². The third-order valence-corrected chi connectivity index (χ3v) is 5.49. The lowest BCUT2D eigenvalue weighted by Gasteiger charge is -2.45. The van der Waals surface area contributed by atoms with Crippen molar-refractivity contribution in [2.24, 2.45) is 0 Å². The van der Waals surface area contributed by atoms with Gasteiger partial charge in [-0.15, -0.1) is 0 Å².